The van der Waals surface area contributed by atoms with Crippen molar-refractivity contribution in [2.24, 2.45) is 0 Å². The van der Waals surface area contributed by atoms with Crippen LogP contribution in [-0.2, 0) is 12.8 Å². The van der Waals surface area contributed by atoms with E-state index in [0.29, 0.717) is 0 Å². The molecule has 0 amide bonds. The molecule has 0 heterocycles. The third-order valence-corrected chi connectivity index (χ3v) is 7.52. The smallest absolute Gasteiger partial charge is 0.0171 e. The lowest BCUT2D eigenvalue weighted by atomic mass is 9.96. The van der Waals surface area contributed by atoms with Crippen molar-refractivity contribution in [1.82, 2.24) is 0 Å². The van der Waals surface area contributed by atoms with E-state index < -0.39 is 0 Å². The summed E-state index contributed by atoms with van der Waals surface area (Å²) in [6.45, 7) is 4.58. The maximum absolute atomic E-state index is 2.43. The zero-order valence-electron chi connectivity index (χ0n) is 21.7. The molecule has 0 aliphatic rings. The molecule has 0 unspecified atom stereocenters. The van der Waals surface area contributed by atoms with E-state index in [9.17, 15) is 0 Å². The molecule has 0 saturated heterocycles. The molecule has 0 atom stereocenters. The lowest BCUT2D eigenvalue weighted by molar-refractivity contribution is 0.607. The number of rotatable bonds is 14. The van der Waals surface area contributed by atoms with Crippen molar-refractivity contribution in [3.8, 4) is 0 Å². The van der Waals surface area contributed by atoms with E-state index in [1.807, 2.05) is 0 Å². The van der Waals surface area contributed by atoms with Crippen molar-refractivity contribution in [3.63, 3.8) is 0 Å². The quantitative estimate of drug-likeness (QED) is 0.132. The zero-order valence-corrected chi connectivity index (χ0v) is 21.7. The molecule has 0 N–H and O–H groups in total. The molecule has 4 aromatic carbocycles. The summed E-state index contributed by atoms with van der Waals surface area (Å²) in [6.07, 6.45) is 18.8. The van der Waals surface area contributed by atoms with Gasteiger partial charge in [-0.05, 0) is 93.4 Å². The van der Waals surface area contributed by atoms with Crippen LogP contribution in [0.2, 0.25) is 0 Å². The average molecular weight is 453 g/mol. The van der Waals surface area contributed by atoms with Crippen molar-refractivity contribution in [2.75, 3.05) is 0 Å². The summed E-state index contributed by atoms with van der Waals surface area (Å²) in [5.74, 6) is 0. The fourth-order valence-corrected chi connectivity index (χ4v) is 5.38. The Morgan fingerprint density at radius 2 is 0.706 bits per heavy atom. The van der Waals surface area contributed by atoms with Gasteiger partial charge in [0.2, 0.25) is 0 Å². The second-order valence-electron chi connectivity index (χ2n) is 10.5. The van der Waals surface area contributed by atoms with E-state index in [1.54, 1.807) is 0 Å². The van der Waals surface area contributed by atoms with Crippen molar-refractivity contribution in [2.45, 2.75) is 104 Å². The third kappa shape index (κ3) is 6.84. The summed E-state index contributed by atoms with van der Waals surface area (Å²) >= 11 is 0. The number of fused-ring (bicyclic) bond motifs is 3. The van der Waals surface area contributed by atoms with Gasteiger partial charge < -0.3 is 0 Å². The minimum Gasteiger partial charge on any atom is -0.0654 e. The molecular weight excluding hydrogens is 408 g/mol. The Kier molecular flexibility index (Phi) is 9.43. The first-order valence-electron chi connectivity index (χ1n) is 14.2. The van der Waals surface area contributed by atoms with Crippen LogP contribution in [0.5, 0.6) is 0 Å². The van der Waals surface area contributed by atoms with E-state index in [0.717, 1.165) is 0 Å². The normalized spacial score (nSPS) is 11.7. The fraction of sp³-hybridized carbons (Fsp3) is 0.471. The number of hydrogen-bond acceptors (Lipinski definition) is 0. The lowest BCUT2D eigenvalue weighted by Gasteiger charge is -2.09. The van der Waals surface area contributed by atoms with Crippen LogP contribution in [0.4, 0.5) is 0 Å². The van der Waals surface area contributed by atoms with Gasteiger partial charge in [-0.25, -0.2) is 0 Å². The van der Waals surface area contributed by atoms with Crippen LogP contribution in [0.15, 0.2) is 60.7 Å². The average Bonchev–Trinajstić information content (AvgIpc) is 2.85. The van der Waals surface area contributed by atoms with Gasteiger partial charge in [0.05, 0.1) is 0 Å². The van der Waals surface area contributed by atoms with E-state index in [-0.39, 0.29) is 0 Å². The minimum absolute atomic E-state index is 1.21. The lowest BCUT2D eigenvalue weighted by Crippen LogP contribution is -1.88. The first-order chi connectivity index (χ1) is 16.8. The molecule has 0 aliphatic carbocycles. The number of hydrogen-bond donors (Lipinski definition) is 0. The summed E-state index contributed by atoms with van der Waals surface area (Å²) in [5.41, 5.74) is 2.98. The fourth-order valence-electron chi connectivity index (χ4n) is 5.38. The highest BCUT2D eigenvalue weighted by Crippen LogP contribution is 2.29. The Hall–Kier alpha value is -2.34. The van der Waals surface area contributed by atoms with Crippen LogP contribution in [0.25, 0.3) is 32.3 Å². The van der Waals surface area contributed by atoms with E-state index in [2.05, 4.69) is 74.5 Å². The molecular formula is C34H44. The molecule has 0 spiro atoms. The maximum atomic E-state index is 2.43. The third-order valence-electron chi connectivity index (χ3n) is 7.52. The van der Waals surface area contributed by atoms with Gasteiger partial charge in [-0.15, -0.1) is 0 Å². The SMILES string of the molecule is CCCCCCCCc1ccc2cc3cc4cc(CCCCCCCC)ccc4cc3cc2c1. The predicted molar refractivity (Wildman–Crippen MR) is 153 cm³/mol. The molecule has 4 aromatic rings. The molecule has 180 valence electrons. The van der Waals surface area contributed by atoms with E-state index >= 15 is 0 Å². The second kappa shape index (κ2) is 12.9. The molecule has 34 heavy (non-hydrogen) atoms. The number of unbranched alkanes of at least 4 members (excludes halogenated alkanes) is 10. The topological polar surface area (TPSA) is 0 Å². The molecule has 0 aliphatic heterocycles. The van der Waals surface area contributed by atoms with Crippen molar-refractivity contribution < 1.29 is 0 Å². The Morgan fingerprint density at radius 1 is 0.353 bits per heavy atom. The van der Waals surface area contributed by atoms with Crippen LogP contribution in [0.1, 0.15) is 102 Å². The Balaban J connectivity index is 1.44. The van der Waals surface area contributed by atoms with Crippen LogP contribution in [0, 0.1) is 0 Å². The minimum atomic E-state index is 1.21. The monoisotopic (exact) mass is 452 g/mol. The van der Waals surface area contributed by atoms with Crippen LogP contribution < -0.4 is 0 Å². The van der Waals surface area contributed by atoms with Crippen molar-refractivity contribution >= 4 is 32.3 Å². The molecule has 0 radical (unpaired) electrons. The van der Waals surface area contributed by atoms with E-state index in [1.165, 1.54) is 133 Å². The van der Waals surface area contributed by atoms with Gasteiger partial charge >= 0.3 is 0 Å². The van der Waals surface area contributed by atoms with Gasteiger partial charge in [-0.3, -0.25) is 0 Å². The standard InChI is InChI=1S/C34H44/c1-3-5-7-9-11-13-15-27-17-19-29-23-34-26-32-22-28(16-14-12-10-8-6-4-2)18-20-30(32)24-33(34)25-31(29)21-27/h17-26H,3-16H2,1-2H3. The molecule has 0 aromatic heterocycles. The molecule has 0 heteroatoms. The Morgan fingerprint density at radius 3 is 1.15 bits per heavy atom. The zero-order chi connectivity index (χ0) is 23.6. The number of benzene rings is 4. The number of aryl methyl sites for hydroxylation is 2. The predicted octanol–water partition coefficient (Wildman–Crippen LogP) is 11.0. The van der Waals surface area contributed by atoms with Gasteiger partial charge in [-0.1, -0.05) is 114 Å². The summed E-state index contributed by atoms with van der Waals surface area (Å²) in [6, 6.07) is 23.8. The Labute approximate surface area is 207 Å². The second-order valence-corrected chi connectivity index (χ2v) is 10.5. The van der Waals surface area contributed by atoms with Crippen LogP contribution >= 0.6 is 0 Å². The largest absolute Gasteiger partial charge is 0.0654 e. The molecule has 0 bridgehead atoms. The summed E-state index contributed by atoms with van der Waals surface area (Å²) < 4.78 is 0. The first-order valence-corrected chi connectivity index (χ1v) is 14.2. The molecule has 4 rings (SSSR count). The van der Waals surface area contributed by atoms with Gasteiger partial charge in [-0.2, -0.15) is 0 Å². The molecule has 0 fully saturated rings. The summed E-state index contributed by atoms with van der Waals surface area (Å²) in [7, 11) is 0. The van der Waals surface area contributed by atoms with Gasteiger partial charge in [0.25, 0.3) is 0 Å². The maximum Gasteiger partial charge on any atom is -0.0171 e. The highest BCUT2D eigenvalue weighted by molar-refractivity contribution is 6.04. The first kappa shape index (κ1) is 24.8. The van der Waals surface area contributed by atoms with Crippen molar-refractivity contribution in [3.05, 3.63) is 71.8 Å². The highest BCUT2D eigenvalue weighted by atomic mass is 14.1. The van der Waals surface area contributed by atoms with Crippen LogP contribution in [-0.4, -0.2) is 0 Å². The van der Waals surface area contributed by atoms with Crippen LogP contribution in [0.3, 0.4) is 0 Å². The Bertz CT molecular complexity index is 1090. The van der Waals surface area contributed by atoms with Gasteiger partial charge in [0.1, 0.15) is 0 Å². The summed E-state index contributed by atoms with van der Waals surface area (Å²) in [4.78, 5) is 0. The highest BCUT2D eigenvalue weighted by Gasteiger charge is 2.04. The van der Waals surface area contributed by atoms with Gasteiger partial charge in [0, 0.05) is 0 Å². The summed E-state index contributed by atoms with van der Waals surface area (Å²) in [5, 5.41) is 8.22. The van der Waals surface area contributed by atoms with Crippen molar-refractivity contribution in [1.29, 1.82) is 0 Å². The van der Waals surface area contributed by atoms with E-state index in [4.69, 9.17) is 0 Å². The van der Waals surface area contributed by atoms with Gasteiger partial charge in [0.15, 0.2) is 0 Å². The molecule has 0 nitrogen and oxygen atoms in total. The molecule has 0 saturated carbocycles.